The fourth-order valence-electron chi connectivity index (χ4n) is 2.46. The molecule has 2 aromatic rings. The first-order valence-electron chi connectivity index (χ1n) is 7.34. The molecule has 1 atom stereocenters. The number of thiophene rings is 1. The third kappa shape index (κ3) is 3.79. The number of hydrogen-bond donors (Lipinski definition) is 1. The van der Waals surface area contributed by atoms with Gasteiger partial charge in [-0.2, -0.15) is 0 Å². The van der Waals surface area contributed by atoms with Crippen LogP contribution in [-0.2, 0) is 6.42 Å². The maximum Gasteiger partial charge on any atom is 0.124 e. The lowest BCUT2D eigenvalue weighted by Gasteiger charge is -2.22. The van der Waals surface area contributed by atoms with Crippen LogP contribution in [0.4, 0.5) is 0 Å². The summed E-state index contributed by atoms with van der Waals surface area (Å²) in [6.45, 7) is 5.33. The van der Waals surface area contributed by atoms with E-state index in [1.807, 2.05) is 18.2 Å². The van der Waals surface area contributed by atoms with E-state index in [9.17, 15) is 0 Å². The monoisotopic (exact) mass is 323 g/mol. The van der Waals surface area contributed by atoms with E-state index in [1.165, 1.54) is 10.4 Å². The molecule has 0 aliphatic rings. The van der Waals surface area contributed by atoms with Gasteiger partial charge in [-0.05, 0) is 54.6 Å². The van der Waals surface area contributed by atoms with Gasteiger partial charge in [-0.1, -0.05) is 25.4 Å². The molecular weight excluding hydrogens is 302 g/mol. The summed E-state index contributed by atoms with van der Waals surface area (Å²) < 4.78 is 5.54. The Morgan fingerprint density at radius 2 is 2.10 bits per heavy atom. The van der Waals surface area contributed by atoms with Gasteiger partial charge in [0.1, 0.15) is 5.75 Å². The number of aryl methyl sites for hydroxylation is 1. The Labute approximate surface area is 136 Å². The van der Waals surface area contributed by atoms with Crippen LogP contribution in [0.15, 0.2) is 29.6 Å². The largest absolute Gasteiger partial charge is 0.496 e. The molecule has 1 aromatic carbocycles. The Morgan fingerprint density at radius 1 is 1.29 bits per heavy atom. The van der Waals surface area contributed by atoms with Gasteiger partial charge in [0.25, 0.3) is 0 Å². The van der Waals surface area contributed by atoms with Crippen LogP contribution in [0.3, 0.4) is 0 Å². The Bertz CT molecular complexity index is 582. The van der Waals surface area contributed by atoms with E-state index in [4.69, 9.17) is 16.3 Å². The molecule has 0 aliphatic heterocycles. The average Bonchev–Trinajstić information content (AvgIpc) is 2.96. The highest BCUT2D eigenvalue weighted by Gasteiger charge is 2.21. The zero-order valence-electron chi connectivity index (χ0n) is 12.8. The summed E-state index contributed by atoms with van der Waals surface area (Å²) in [6, 6.07) is 8.16. The molecule has 4 heteroatoms. The molecule has 1 N–H and O–H groups in total. The molecule has 1 heterocycles. The van der Waals surface area contributed by atoms with Crippen molar-refractivity contribution in [1.82, 2.24) is 5.32 Å². The number of ether oxygens (including phenoxy) is 1. The fraction of sp³-hybridized carbons (Fsp3) is 0.412. The Morgan fingerprint density at radius 3 is 2.76 bits per heavy atom. The van der Waals surface area contributed by atoms with Gasteiger partial charge in [-0.15, -0.1) is 11.3 Å². The summed E-state index contributed by atoms with van der Waals surface area (Å²) in [5, 5.41) is 6.53. The van der Waals surface area contributed by atoms with Gasteiger partial charge >= 0.3 is 0 Å². The standard InChI is InChI=1S/C17H22ClNOS/c1-4-9-19-16(17-12(5-2)8-10-21-17)14-11-13(18)6-7-15(14)20-3/h6-8,10-11,16,19H,4-5,9H2,1-3H3. The van der Waals surface area contributed by atoms with Crippen LogP contribution in [0.5, 0.6) is 5.75 Å². The molecular formula is C17H22ClNOS. The van der Waals surface area contributed by atoms with Crippen molar-refractivity contribution in [2.45, 2.75) is 32.7 Å². The molecule has 1 unspecified atom stereocenters. The molecule has 2 nitrogen and oxygen atoms in total. The molecule has 21 heavy (non-hydrogen) atoms. The topological polar surface area (TPSA) is 21.3 Å². The first kappa shape index (κ1) is 16.3. The third-order valence-electron chi connectivity index (χ3n) is 3.53. The van der Waals surface area contributed by atoms with Gasteiger partial charge in [0.2, 0.25) is 0 Å². The van der Waals surface area contributed by atoms with E-state index < -0.39 is 0 Å². The zero-order chi connectivity index (χ0) is 15.2. The van der Waals surface area contributed by atoms with Crippen LogP contribution in [-0.4, -0.2) is 13.7 Å². The lowest BCUT2D eigenvalue weighted by Crippen LogP contribution is -2.23. The smallest absolute Gasteiger partial charge is 0.124 e. The van der Waals surface area contributed by atoms with Crippen molar-refractivity contribution >= 4 is 22.9 Å². The van der Waals surface area contributed by atoms with Crippen LogP contribution in [0.1, 0.15) is 42.3 Å². The van der Waals surface area contributed by atoms with Crippen LogP contribution in [0.2, 0.25) is 5.02 Å². The van der Waals surface area contributed by atoms with Gasteiger partial charge in [-0.25, -0.2) is 0 Å². The number of methoxy groups -OCH3 is 1. The van der Waals surface area contributed by atoms with E-state index in [0.29, 0.717) is 0 Å². The molecule has 0 amide bonds. The average molecular weight is 324 g/mol. The van der Waals surface area contributed by atoms with Gasteiger partial charge < -0.3 is 10.1 Å². The third-order valence-corrected chi connectivity index (χ3v) is 4.78. The Kier molecular flexibility index (Phi) is 6.09. The van der Waals surface area contributed by atoms with Gasteiger partial charge in [0.05, 0.1) is 13.2 Å². The molecule has 0 saturated heterocycles. The summed E-state index contributed by atoms with van der Waals surface area (Å²) in [4.78, 5) is 1.35. The summed E-state index contributed by atoms with van der Waals surface area (Å²) in [6.07, 6.45) is 2.12. The van der Waals surface area contributed by atoms with Crippen molar-refractivity contribution in [2.75, 3.05) is 13.7 Å². The van der Waals surface area contributed by atoms with Crippen molar-refractivity contribution in [3.8, 4) is 5.75 Å². The molecule has 0 spiro atoms. The van der Waals surface area contributed by atoms with Gasteiger partial charge in [-0.3, -0.25) is 0 Å². The SMILES string of the molecule is CCCNC(c1cc(Cl)ccc1OC)c1sccc1CC. The lowest BCUT2D eigenvalue weighted by molar-refractivity contribution is 0.404. The minimum Gasteiger partial charge on any atom is -0.496 e. The van der Waals surface area contributed by atoms with E-state index in [1.54, 1.807) is 18.4 Å². The molecule has 0 aliphatic carbocycles. The van der Waals surface area contributed by atoms with Crippen LogP contribution >= 0.6 is 22.9 Å². The molecule has 114 valence electrons. The molecule has 0 saturated carbocycles. The molecule has 0 bridgehead atoms. The quantitative estimate of drug-likeness (QED) is 0.768. The first-order valence-corrected chi connectivity index (χ1v) is 8.60. The molecule has 1 aromatic heterocycles. The summed E-state index contributed by atoms with van der Waals surface area (Å²) in [7, 11) is 1.71. The number of rotatable bonds is 7. The van der Waals surface area contributed by atoms with Crippen molar-refractivity contribution in [3.05, 3.63) is 50.7 Å². The Balaban J connectivity index is 2.47. The van der Waals surface area contributed by atoms with Crippen molar-refractivity contribution < 1.29 is 4.74 Å². The van der Waals surface area contributed by atoms with Gasteiger partial charge in [0.15, 0.2) is 0 Å². The molecule has 0 radical (unpaired) electrons. The van der Waals surface area contributed by atoms with Crippen molar-refractivity contribution in [3.63, 3.8) is 0 Å². The maximum absolute atomic E-state index is 6.21. The van der Waals surface area contributed by atoms with E-state index in [2.05, 4.69) is 30.6 Å². The van der Waals surface area contributed by atoms with E-state index in [0.717, 1.165) is 35.7 Å². The van der Waals surface area contributed by atoms with Crippen LogP contribution in [0, 0.1) is 0 Å². The van der Waals surface area contributed by atoms with Crippen molar-refractivity contribution in [1.29, 1.82) is 0 Å². The predicted octanol–water partition coefficient (Wildman–Crippen LogP) is 5.06. The zero-order valence-corrected chi connectivity index (χ0v) is 14.4. The minimum atomic E-state index is 0.133. The lowest BCUT2D eigenvalue weighted by atomic mass is 10.00. The summed E-state index contributed by atoms with van der Waals surface area (Å²) >= 11 is 8.00. The fourth-order valence-corrected chi connectivity index (χ4v) is 3.73. The number of nitrogens with one attached hydrogen (secondary N) is 1. The predicted molar refractivity (Wildman–Crippen MR) is 91.8 cm³/mol. The highest BCUT2D eigenvalue weighted by atomic mass is 35.5. The number of halogens is 1. The normalized spacial score (nSPS) is 12.4. The highest BCUT2D eigenvalue weighted by molar-refractivity contribution is 7.10. The van der Waals surface area contributed by atoms with E-state index >= 15 is 0 Å². The second-order valence-electron chi connectivity index (χ2n) is 4.94. The molecule has 2 rings (SSSR count). The summed E-state index contributed by atoms with van der Waals surface area (Å²) in [5.41, 5.74) is 2.49. The van der Waals surface area contributed by atoms with E-state index in [-0.39, 0.29) is 6.04 Å². The summed E-state index contributed by atoms with van der Waals surface area (Å²) in [5.74, 6) is 0.878. The number of benzene rings is 1. The first-order chi connectivity index (χ1) is 10.2. The maximum atomic E-state index is 6.21. The number of hydrogen-bond acceptors (Lipinski definition) is 3. The molecule has 0 fully saturated rings. The second-order valence-corrected chi connectivity index (χ2v) is 6.32. The van der Waals surface area contributed by atoms with Crippen LogP contribution in [0.25, 0.3) is 0 Å². The second kappa shape index (κ2) is 7.83. The Hall–Kier alpha value is -1.03. The van der Waals surface area contributed by atoms with Gasteiger partial charge in [0, 0.05) is 15.5 Å². The van der Waals surface area contributed by atoms with Crippen molar-refractivity contribution in [2.24, 2.45) is 0 Å². The highest BCUT2D eigenvalue weighted by Crippen LogP contribution is 2.36. The minimum absolute atomic E-state index is 0.133. The van der Waals surface area contributed by atoms with Crippen LogP contribution < -0.4 is 10.1 Å².